The fraction of sp³-hybridized carbons (Fsp3) is 0.0667. The van der Waals surface area contributed by atoms with E-state index in [1.165, 1.54) is 11.8 Å². The van der Waals surface area contributed by atoms with E-state index < -0.39 is 0 Å². The summed E-state index contributed by atoms with van der Waals surface area (Å²) in [6.07, 6.45) is 0. The molecule has 23 heavy (non-hydrogen) atoms. The van der Waals surface area contributed by atoms with Crippen LogP contribution in [0, 0.1) is 0 Å². The van der Waals surface area contributed by atoms with E-state index in [1.807, 2.05) is 0 Å². The van der Waals surface area contributed by atoms with Crippen LogP contribution in [0.3, 0.4) is 0 Å². The molecule has 1 N–H and O–H groups in total. The van der Waals surface area contributed by atoms with Gasteiger partial charge in [0.15, 0.2) is 5.58 Å². The molecule has 0 saturated carbocycles. The summed E-state index contributed by atoms with van der Waals surface area (Å²) in [5.74, 6) is -0.0843. The molecule has 2 aromatic carbocycles. The molecule has 0 aliphatic rings. The zero-order valence-electron chi connectivity index (χ0n) is 11.5. The highest BCUT2D eigenvalue weighted by molar-refractivity contribution is 7.99. The number of oxazole rings is 1. The molecule has 118 valence electrons. The van der Waals surface area contributed by atoms with Crippen molar-refractivity contribution in [2.24, 2.45) is 0 Å². The lowest BCUT2D eigenvalue weighted by molar-refractivity contribution is -0.113. The Morgan fingerprint density at radius 3 is 2.65 bits per heavy atom. The molecule has 0 atom stereocenters. The van der Waals surface area contributed by atoms with Crippen molar-refractivity contribution >= 4 is 69.3 Å². The van der Waals surface area contributed by atoms with E-state index in [-0.39, 0.29) is 11.7 Å². The smallest absolute Gasteiger partial charge is 0.257 e. The monoisotopic (exact) mass is 386 g/mol. The highest BCUT2D eigenvalue weighted by Gasteiger charge is 2.11. The van der Waals surface area contributed by atoms with Crippen LogP contribution >= 0.6 is 46.6 Å². The van der Waals surface area contributed by atoms with E-state index >= 15 is 0 Å². The average Bonchev–Trinajstić information content (AvgIpc) is 2.90. The Kier molecular flexibility index (Phi) is 5.02. The Morgan fingerprint density at radius 1 is 1.13 bits per heavy atom. The van der Waals surface area contributed by atoms with Crippen LogP contribution in [0.2, 0.25) is 15.1 Å². The van der Waals surface area contributed by atoms with E-state index in [1.54, 1.807) is 36.4 Å². The van der Waals surface area contributed by atoms with Crippen LogP contribution in [0.1, 0.15) is 0 Å². The third-order valence-corrected chi connectivity index (χ3v) is 4.47. The van der Waals surface area contributed by atoms with Crippen molar-refractivity contribution in [2.45, 2.75) is 5.22 Å². The van der Waals surface area contributed by atoms with Gasteiger partial charge in [-0.15, -0.1) is 0 Å². The highest BCUT2D eigenvalue weighted by atomic mass is 35.5. The van der Waals surface area contributed by atoms with Gasteiger partial charge in [-0.05, 0) is 36.4 Å². The summed E-state index contributed by atoms with van der Waals surface area (Å²) < 4.78 is 5.53. The van der Waals surface area contributed by atoms with Crippen molar-refractivity contribution in [1.29, 1.82) is 0 Å². The number of hydrogen-bond donors (Lipinski definition) is 1. The minimum absolute atomic E-state index is 0.138. The Morgan fingerprint density at radius 2 is 1.87 bits per heavy atom. The van der Waals surface area contributed by atoms with Crippen molar-refractivity contribution in [3.63, 3.8) is 0 Å². The third-order valence-electron chi connectivity index (χ3n) is 2.86. The van der Waals surface area contributed by atoms with Crippen LogP contribution in [0.4, 0.5) is 5.69 Å². The van der Waals surface area contributed by atoms with Crippen LogP contribution in [-0.2, 0) is 4.79 Å². The lowest BCUT2D eigenvalue weighted by Gasteiger charge is -2.06. The number of aromatic nitrogens is 1. The molecule has 0 radical (unpaired) electrons. The largest absolute Gasteiger partial charge is 0.431 e. The van der Waals surface area contributed by atoms with Crippen molar-refractivity contribution in [3.05, 3.63) is 51.5 Å². The molecule has 0 aliphatic carbocycles. The highest BCUT2D eigenvalue weighted by Crippen LogP contribution is 2.27. The maximum Gasteiger partial charge on any atom is 0.257 e. The minimum atomic E-state index is -0.223. The first kappa shape index (κ1) is 16.5. The maximum atomic E-state index is 12.0. The molecular formula is C15H9Cl3N2O2S. The molecule has 0 spiro atoms. The summed E-state index contributed by atoms with van der Waals surface area (Å²) in [5, 5.41) is 4.58. The van der Waals surface area contributed by atoms with Crippen molar-refractivity contribution in [3.8, 4) is 0 Å². The van der Waals surface area contributed by atoms with Gasteiger partial charge in [0.2, 0.25) is 5.91 Å². The molecule has 1 aromatic heterocycles. The summed E-state index contributed by atoms with van der Waals surface area (Å²) in [7, 11) is 0. The van der Waals surface area contributed by atoms with Crippen molar-refractivity contribution in [1.82, 2.24) is 4.98 Å². The van der Waals surface area contributed by atoms with Crippen LogP contribution in [0.25, 0.3) is 11.1 Å². The Bertz CT molecular complexity index is 882. The van der Waals surface area contributed by atoms with E-state index in [2.05, 4.69) is 10.3 Å². The second-order valence-corrected chi connectivity index (χ2v) is 6.76. The Hall–Kier alpha value is -1.40. The first-order valence-electron chi connectivity index (χ1n) is 6.45. The normalized spacial score (nSPS) is 10.9. The van der Waals surface area contributed by atoms with Gasteiger partial charge in [0.25, 0.3) is 5.22 Å². The zero-order valence-corrected chi connectivity index (χ0v) is 14.6. The molecular weight excluding hydrogens is 379 g/mol. The predicted octanol–water partition coefficient (Wildman–Crippen LogP) is 5.52. The van der Waals surface area contributed by atoms with Gasteiger partial charge >= 0.3 is 0 Å². The van der Waals surface area contributed by atoms with Gasteiger partial charge in [-0.3, -0.25) is 4.79 Å². The van der Waals surface area contributed by atoms with Gasteiger partial charge in [-0.25, -0.2) is 4.98 Å². The summed E-state index contributed by atoms with van der Waals surface area (Å²) in [6, 6.07) is 10.0. The number of carbonyl (C=O) groups is 1. The average molecular weight is 388 g/mol. The molecule has 0 bridgehead atoms. The number of amides is 1. The van der Waals surface area contributed by atoms with Gasteiger partial charge in [0.05, 0.1) is 16.5 Å². The maximum absolute atomic E-state index is 12.0. The molecule has 0 unspecified atom stereocenters. The number of rotatable bonds is 4. The van der Waals surface area contributed by atoms with Crippen LogP contribution in [0.15, 0.2) is 46.0 Å². The van der Waals surface area contributed by atoms with Gasteiger partial charge in [-0.2, -0.15) is 0 Å². The molecule has 8 heteroatoms. The first-order valence-corrected chi connectivity index (χ1v) is 8.57. The topological polar surface area (TPSA) is 55.1 Å². The van der Waals surface area contributed by atoms with Gasteiger partial charge in [-0.1, -0.05) is 46.6 Å². The first-order chi connectivity index (χ1) is 11.0. The fourth-order valence-corrected chi connectivity index (χ4v) is 3.11. The third kappa shape index (κ3) is 4.12. The number of hydrogen-bond acceptors (Lipinski definition) is 4. The van der Waals surface area contributed by atoms with E-state index in [0.29, 0.717) is 37.1 Å². The summed E-state index contributed by atoms with van der Waals surface area (Å²) in [5.41, 5.74) is 1.78. The molecule has 4 nitrogen and oxygen atoms in total. The second kappa shape index (κ2) is 7.01. The number of carbonyl (C=O) groups excluding carboxylic acids is 1. The van der Waals surface area contributed by atoms with E-state index in [4.69, 9.17) is 39.2 Å². The summed E-state index contributed by atoms with van der Waals surface area (Å²) >= 11 is 18.9. The van der Waals surface area contributed by atoms with Crippen LogP contribution < -0.4 is 5.32 Å². The number of nitrogens with zero attached hydrogens (tertiary/aromatic N) is 1. The molecule has 0 fully saturated rings. The number of fused-ring (bicyclic) bond motifs is 1. The second-order valence-electron chi connectivity index (χ2n) is 4.55. The van der Waals surface area contributed by atoms with E-state index in [0.717, 1.165) is 0 Å². The van der Waals surface area contributed by atoms with Crippen LogP contribution in [-0.4, -0.2) is 16.6 Å². The van der Waals surface area contributed by atoms with Crippen molar-refractivity contribution in [2.75, 3.05) is 11.1 Å². The number of nitrogens with one attached hydrogen (secondary N) is 1. The Labute approximate surface area is 151 Å². The predicted molar refractivity (Wildman–Crippen MR) is 94.8 cm³/mol. The van der Waals surface area contributed by atoms with E-state index in [9.17, 15) is 4.79 Å². The molecule has 0 aliphatic heterocycles. The fourth-order valence-electron chi connectivity index (χ4n) is 1.85. The lowest BCUT2D eigenvalue weighted by Crippen LogP contribution is -2.14. The van der Waals surface area contributed by atoms with Gasteiger partial charge < -0.3 is 9.73 Å². The zero-order chi connectivity index (χ0) is 16.4. The standard InChI is InChI=1S/C15H9Cl3N2O2S/c16-8-1-3-11(10(18)5-8)19-14(21)7-23-15-20-12-6-9(17)2-4-13(12)22-15/h1-6H,7H2,(H,19,21). The molecule has 3 rings (SSSR count). The number of thioether (sulfide) groups is 1. The minimum Gasteiger partial charge on any atom is -0.431 e. The van der Waals surface area contributed by atoms with Crippen molar-refractivity contribution < 1.29 is 9.21 Å². The summed E-state index contributed by atoms with van der Waals surface area (Å²) in [4.78, 5) is 16.2. The molecule has 1 heterocycles. The quantitative estimate of drug-likeness (QED) is 0.599. The molecule has 1 amide bonds. The van der Waals surface area contributed by atoms with Crippen LogP contribution in [0.5, 0.6) is 0 Å². The Balaban J connectivity index is 1.63. The summed E-state index contributed by atoms with van der Waals surface area (Å²) in [6.45, 7) is 0. The number of anilines is 1. The van der Waals surface area contributed by atoms with Gasteiger partial charge in [0.1, 0.15) is 5.52 Å². The number of halogens is 3. The number of benzene rings is 2. The molecule has 3 aromatic rings. The molecule has 0 saturated heterocycles. The lowest BCUT2D eigenvalue weighted by atomic mass is 10.3. The SMILES string of the molecule is O=C(CSc1nc2cc(Cl)ccc2o1)Nc1ccc(Cl)cc1Cl. The van der Waals surface area contributed by atoms with Gasteiger partial charge in [0, 0.05) is 10.0 Å².